The fourth-order valence-corrected chi connectivity index (χ4v) is 0.247. The highest BCUT2D eigenvalue weighted by molar-refractivity contribution is 7.74. The molecule has 0 saturated carbocycles. The summed E-state index contributed by atoms with van der Waals surface area (Å²) < 4.78 is 20.9. The van der Waals surface area contributed by atoms with Gasteiger partial charge in [0.2, 0.25) is 0 Å². The third-order valence-corrected chi connectivity index (χ3v) is 0.502. The minimum Gasteiger partial charge on any atom is -0.481 e. The van der Waals surface area contributed by atoms with Crippen molar-refractivity contribution in [3.05, 3.63) is 12.5 Å². The maximum Gasteiger partial charge on any atom is 0.360 e. The van der Waals surface area contributed by atoms with Crippen LogP contribution in [-0.4, -0.2) is 13.9 Å². The molecular formula is C2H4O4S. The summed E-state index contributed by atoms with van der Waals surface area (Å²) in [5, 5.41) is 7.95. The molecule has 0 rings (SSSR count). The molecule has 5 heteroatoms. The molecule has 0 aliphatic rings. The fourth-order valence-electron chi connectivity index (χ4n) is 0.0823. The van der Waals surface area contributed by atoms with Crippen LogP contribution in [0.5, 0.6) is 0 Å². The van der Waals surface area contributed by atoms with Crippen LogP contribution in [0.15, 0.2) is 12.5 Å². The van der Waals surface area contributed by atoms with Crippen molar-refractivity contribution in [1.29, 1.82) is 0 Å². The van der Waals surface area contributed by atoms with Crippen LogP contribution >= 0.6 is 0 Å². The monoisotopic (exact) mass is 124 g/mol. The zero-order chi connectivity index (χ0) is 5.86. The third kappa shape index (κ3) is 5.45. The van der Waals surface area contributed by atoms with Crippen molar-refractivity contribution in [1.82, 2.24) is 0 Å². The van der Waals surface area contributed by atoms with E-state index in [2.05, 4.69) is 10.8 Å². The van der Waals surface area contributed by atoms with E-state index < -0.39 is 17.3 Å². The lowest BCUT2D eigenvalue weighted by Crippen LogP contribution is -1.91. The molecule has 0 bridgehead atoms. The van der Waals surface area contributed by atoms with E-state index in [9.17, 15) is 4.21 Å². The maximum absolute atomic E-state index is 9.48. The van der Waals surface area contributed by atoms with Crippen LogP contribution in [0.4, 0.5) is 0 Å². The van der Waals surface area contributed by atoms with E-state index in [1.54, 1.807) is 0 Å². The fraction of sp³-hybridized carbons (Fsp3) is 0. The van der Waals surface area contributed by atoms with Crippen molar-refractivity contribution in [3.8, 4) is 0 Å². The molecule has 0 aromatic rings. The Hall–Kier alpha value is -0.550. The lowest BCUT2D eigenvalue weighted by molar-refractivity contribution is 0.213. The van der Waals surface area contributed by atoms with Crippen molar-refractivity contribution >= 4 is 11.4 Å². The van der Waals surface area contributed by atoms with Crippen molar-refractivity contribution in [3.63, 3.8) is 0 Å². The Labute approximate surface area is 42.9 Å². The van der Waals surface area contributed by atoms with E-state index in [1.807, 2.05) is 0 Å². The summed E-state index contributed by atoms with van der Waals surface area (Å²) in [5.74, 6) is -0.763. The largest absolute Gasteiger partial charge is 0.481 e. The van der Waals surface area contributed by atoms with Gasteiger partial charge in [0.15, 0.2) is 0 Å². The zero-order valence-electron chi connectivity index (χ0n) is 3.33. The van der Waals surface area contributed by atoms with E-state index in [-0.39, 0.29) is 0 Å². The summed E-state index contributed by atoms with van der Waals surface area (Å²) in [5.41, 5.74) is 0. The summed E-state index contributed by atoms with van der Waals surface area (Å²) in [6.07, 6.45) is 0. The van der Waals surface area contributed by atoms with E-state index in [0.717, 1.165) is 0 Å². The number of hydrogen-bond donors (Lipinski definition) is 2. The SMILES string of the molecule is C=C(O)OS(=O)O. The summed E-state index contributed by atoms with van der Waals surface area (Å²) in [4.78, 5) is 0. The van der Waals surface area contributed by atoms with Gasteiger partial charge in [0.25, 0.3) is 5.95 Å². The van der Waals surface area contributed by atoms with Crippen LogP contribution in [0.25, 0.3) is 0 Å². The third-order valence-electron chi connectivity index (χ3n) is 0.167. The molecule has 0 amide bonds. The highest BCUT2D eigenvalue weighted by Crippen LogP contribution is 1.86. The lowest BCUT2D eigenvalue weighted by Gasteiger charge is -1.90. The van der Waals surface area contributed by atoms with Gasteiger partial charge in [0, 0.05) is 0 Å². The minimum atomic E-state index is -2.45. The Morgan fingerprint density at radius 1 is 1.86 bits per heavy atom. The number of hydrogen-bond acceptors (Lipinski definition) is 3. The standard InChI is InChI=1S/C2H4O4S/c1-2(3)6-7(4)5/h3H,1H2,(H,4,5). The van der Waals surface area contributed by atoms with E-state index in [4.69, 9.17) is 9.66 Å². The van der Waals surface area contributed by atoms with Gasteiger partial charge in [-0.05, 0) is 6.58 Å². The smallest absolute Gasteiger partial charge is 0.360 e. The van der Waals surface area contributed by atoms with Gasteiger partial charge < -0.3 is 9.29 Å². The van der Waals surface area contributed by atoms with E-state index >= 15 is 0 Å². The first kappa shape index (κ1) is 6.45. The Kier molecular flexibility index (Phi) is 2.39. The highest BCUT2D eigenvalue weighted by Gasteiger charge is 1.91. The zero-order valence-corrected chi connectivity index (χ0v) is 4.14. The van der Waals surface area contributed by atoms with Crippen LogP contribution in [0.1, 0.15) is 0 Å². The highest BCUT2D eigenvalue weighted by atomic mass is 32.2. The van der Waals surface area contributed by atoms with Crippen LogP contribution in [0, 0.1) is 0 Å². The molecule has 4 nitrogen and oxygen atoms in total. The van der Waals surface area contributed by atoms with Crippen LogP contribution < -0.4 is 0 Å². The first-order valence-electron chi connectivity index (χ1n) is 1.30. The average Bonchev–Trinajstić information content (AvgIpc) is 1.27. The minimum absolute atomic E-state index is 0.763. The molecule has 0 aliphatic carbocycles. The molecule has 0 saturated heterocycles. The molecule has 42 valence electrons. The van der Waals surface area contributed by atoms with Gasteiger partial charge >= 0.3 is 11.4 Å². The van der Waals surface area contributed by atoms with Gasteiger partial charge in [-0.15, -0.1) is 0 Å². The predicted molar refractivity (Wildman–Crippen MR) is 23.6 cm³/mol. The molecule has 0 fully saturated rings. The van der Waals surface area contributed by atoms with Crippen molar-refractivity contribution in [2.45, 2.75) is 0 Å². The Balaban J connectivity index is 3.32. The van der Waals surface area contributed by atoms with Crippen molar-refractivity contribution < 1.29 is 18.1 Å². The number of aliphatic hydroxyl groups is 1. The van der Waals surface area contributed by atoms with Crippen molar-refractivity contribution in [2.24, 2.45) is 0 Å². The number of aliphatic hydroxyl groups excluding tert-OH is 1. The summed E-state index contributed by atoms with van der Waals surface area (Å²) in [6, 6.07) is 0. The summed E-state index contributed by atoms with van der Waals surface area (Å²) in [6.45, 7) is 2.78. The molecule has 2 N–H and O–H groups in total. The molecule has 0 aliphatic heterocycles. The second kappa shape index (κ2) is 2.59. The van der Waals surface area contributed by atoms with Gasteiger partial charge in [-0.3, -0.25) is 4.55 Å². The van der Waals surface area contributed by atoms with Gasteiger partial charge in [0.1, 0.15) is 0 Å². The predicted octanol–water partition coefficient (Wildman–Crippen LogP) is 0.169. The van der Waals surface area contributed by atoms with Crippen LogP contribution in [0.3, 0.4) is 0 Å². The first-order chi connectivity index (χ1) is 3.13. The van der Waals surface area contributed by atoms with Crippen LogP contribution in [0.2, 0.25) is 0 Å². The second-order valence-corrected chi connectivity index (χ2v) is 1.30. The Bertz CT molecular complexity index is 85.9. The molecule has 0 spiro atoms. The summed E-state index contributed by atoms with van der Waals surface area (Å²) >= 11 is -2.45. The second-order valence-electron chi connectivity index (χ2n) is 0.694. The number of rotatable bonds is 2. The van der Waals surface area contributed by atoms with Gasteiger partial charge in [-0.25, -0.2) is 0 Å². The lowest BCUT2D eigenvalue weighted by atomic mass is 11.1. The maximum atomic E-state index is 9.48. The normalized spacial score (nSPS) is 12.7. The molecule has 0 heterocycles. The van der Waals surface area contributed by atoms with Crippen molar-refractivity contribution in [2.75, 3.05) is 0 Å². The van der Waals surface area contributed by atoms with Gasteiger partial charge in [-0.2, -0.15) is 4.21 Å². The molecule has 1 atom stereocenters. The topological polar surface area (TPSA) is 66.8 Å². The Morgan fingerprint density at radius 2 is 2.29 bits per heavy atom. The molecule has 0 radical (unpaired) electrons. The molecular weight excluding hydrogens is 120 g/mol. The first-order valence-corrected chi connectivity index (χ1v) is 2.33. The molecule has 1 unspecified atom stereocenters. The average molecular weight is 124 g/mol. The molecule has 7 heavy (non-hydrogen) atoms. The van der Waals surface area contributed by atoms with Crippen LogP contribution in [-0.2, 0) is 15.5 Å². The van der Waals surface area contributed by atoms with E-state index in [1.165, 1.54) is 0 Å². The summed E-state index contributed by atoms with van der Waals surface area (Å²) in [7, 11) is 0. The Morgan fingerprint density at radius 3 is 2.29 bits per heavy atom. The quantitative estimate of drug-likeness (QED) is 0.406. The van der Waals surface area contributed by atoms with Gasteiger partial charge in [-0.1, -0.05) is 0 Å². The van der Waals surface area contributed by atoms with E-state index in [0.29, 0.717) is 0 Å². The van der Waals surface area contributed by atoms with Gasteiger partial charge in [0.05, 0.1) is 0 Å². The molecule has 0 aromatic heterocycles. The molecule has 0 aromatic carbocycles.